The van der Waals surface area contributed by atoms with Crippen molar-refractivity contribution in [3.63, 3.8) is 0 Å². The lowest BCUT2D eigenvalue weighted by molar-refractivity contribution is -0.248. The van der Waals surface area contributed by atoms with E-state index in [4.69, 9.17) is 33.8 Å². The van der Waals surface area contributed by atoms with Crippen LogP contribution in [0, 0.1) is 29.1 Å². The molecule has 2 unspecified atom stereocenters. The number of carbonyl (C=O) groups is 8. The van der Waals surface area contributed by atoms with Crippen molar-refractivity contribution in [2.24, 2.45) is 22.2 Å². The number of aliphatic carboxylic acids is 2. The molecule has 3 aromatic heterocycles. The highest BCUT2D eigenvalue weighted by Crippen LogP contribution is 2.72. The Morgan fingerprint density at radius 1 is 0.790 bits per heavy atom. The molecule has 29 heteroatoms. The SMILES string of the molecule is Cc1c(-c2ccc(N3CCc4cccc(C(=O)Nc5nc6ccccc6s5)c4C3)nc2C(=O)O)cnn1CC12CC3(C)CC(C)(C1)CC(OCCN(CCC(=O)O)C(=O)OCc1ccc(OCCOCCNC(=O)CCN4C(=O)C=CC4=O)cc1O[C@@H]1C[C@H](C(=O)O)[C@@H](O)[C@H](O)[C@H]1O)(C3)C2. The quantitative estimate of drug-likeness (QED) is 0.0186. The number of aliphatic hydroxyl groups excluding tert-OH is 3. The van der Waals surface area contributed by atoms with Crippen LogP contribution in [0.4, 0.5) is 15.7 Å². The predicted molar refractivity (Wildman–Crippen MR) is 359 cm³/mol. The van der Waals surface area contributed by atoms with Crippen LogP contribution < -0.4 is 25.0 Å². The predicted octanol–water partition coefficient (Wildman–Crippen LogP) is 6.39. The molecule has 530 valence electrons. The van der Waals surface area contributed by atoms with Crippen LogP contribution in [0.2, 0.25) is 0 Å². The average molecular weight is 1400 g/mol. The molecule has 8 N–H and O–H groups in total. The Balaban J connectivity index is 0.688. The van der Waals surface area contributed by atoms with Gasteiger partial charge >= 0.3 is 24.0 Å². The van der Waals surface area contributed by atoms with Gasteiger partial charge in [0.05, 0.1) is 60.3 Å². The molecule has 0 spiro atoms. The number of benzene rings is 3. The molecule has 5 aliphatic carbocycles. The summed E-state index contributed by atoms with van der Waals surface area (Å²) in [5.41, 5.74) is 3.89. The molecule has 5 heterocycles. The number of fused-ring (bicyclic) bond motifs is 2. The number of nitrogens with zero attached hydrogens (tertiary/aromatic N) is 7. The molecule has 6 aromatic rings. The van der Waals surface area contributed by atoms with Gasteiger partial charge < -0.3 is 69.4 Å². The normalized spacial score (nSPS) is 25.0. The summed E-state index contributed by atoms with van der Waals surface area (Å²) >= 11 is 1.40. The number of hydrogen-bond acceptors (Lipinski definition) is 21. The van der Waals surface area contributed by atoms with Gasteiger partial charge in [-0.05, 0) is 122 Å². The Labute approximate surface area is 578 Å². The summed E-state index contributed by atoms with van der Waals surface area (Å²) in [6.07, 6.45) is 0.929. The van der Waals surface area contributed by atoms with Gasteiger partial charge in [0.25, 0.3) is 17.7 Å². The Bertz CT molecular complexity index is 4120. The van der Waals surface area contributed by atoms with Crippen molar-refractivity contribution < 1.29 is 92.7 Å². The Hall–Kier alpha value is -9.39. The van der Waals surface area contributed by atoms with Crippen LogP contribution in [0.25, 0.3) is 21.3 Å². The first kappa shape index (κ1) is 70.5. The fourth-order valence-corrected chi connectivity index (χ4v) is 17.5. The van der Waals surface area contributed by atoms with Crippen LogP contribution >= 0.6 is 11.3 Å². The number of anilines is 2. The maximum absolute atomic E-state index is 14.2. The van der Waals surface area contributed by atoms with E-state index in [0.29, 0.717) is 60.1 Å². The first-order valence-electron chi connectivity index (χ1n) is 33.4. The van der Waals surface area contributed by atoms with Crippen molar-refractivity contribution in [1.29, 1.82) is 0 Å². The number of para-hydroxylation sites is 1. The number of imide groups is 1. The minimum absolute atomic E-state index is 0.0121. The van der Waals surface area contributed by atoms with Gasteiger partial charge in [-0.25, -0.2) is 19.6 Å². The Morgan fingerprint density at radius 2 is 1.56 bits per heavy atom. The number of rotatable bonds is 29. The van der Waals surface area contributed by atoms with Crippen LogP contribution in [-0.2, 0) is 64.3 Å². The maximum Gasteiger partial charge on any atom is 0.410 e. The highest BCUT2D eigenvalue weighted by Gasteiger charge is 2.66. The van der Waals surface area contributed by atoms with E-state index in [1.54, 1.807) is 18.3 Å². The number of pyridine rings is 1. The standard InChI is InChI=1S/C71H81N9O19S/c1-41-48(45-13-14-54(75-59(45)65(92)93)78-21-17-42-7-6-8-46(49(42)32-78)63(89)76-66-74-50-9-4-5-10-53(50)100-66)31-73-80(41)40-70-35-68(2)34-69(3,36-70)38-71(37-68,39-70)98-26-24-77(22-19-58(84)85)67(94)97-33-43-11-12-44(29-51(43)99-52-30-47(64(90)91)60(86)62(88)61(52)87)96-28-27-95-25-20-72-55(81)18-23-79-56(82)15-16-57(79)83/h4-16,29,31,47,52,60-62,86-88H,17-28,30,32-40H2,1-3H3,(H,72,81)(H,84,85)(H,90,91)(H,92,93)(H,74,76,89)/t47-,52+,60+,61-,62-,68?,69?,70?,71?/m0/s1. The van der Waals surface area contributed by atoms with Gasteiger partial charge in [0.1, 0.15) is 48.8 Å². The summed E-state index contributed by atoms with van der Waals surface area (Å²) in [4.78, 5) is 115. The lowest BCUT2D eigenvalue weighted by Gasteiger charge is -2.69. The third-order valence-corrected chi connectivity index (χ3v) is 21.0. The highest BCUT2D eigenvalue weighted by atomic mass is 32.1. The van der Waals surface area contributed by atoms with Crippen LogP contribution in [0.3, 0.4) is 0 Å². The van der Waals surface area contributed by atoms with Crippen molar-refractivity contribution >= 4 is 80.1 Å². The fourth-order valence-electron chi connectivity index (χ4n) is 16.7. The molecule has 5 fully saturated rings. The summed E-state index contributed by atoms with van der Waals surface area (Å²) in [5.74, 6) is -6.31. The molecule has 0 saturated heterocycles. The van der Waals surface area contributed by atoms with Gasteiger partial charge in [-0.1, -0.05) is 49.4 Å². The zero-order chi connectivity index (χ0) is 70.8. The number of aromatic carboxylic acids is 1. The summed E-state index contributed by atoms with van der Waals surface area (Å²) in [5, 5.41) is 73.7. The molecule has 13 rings (SSSR count). The molecule has 7 atom stereocenters. The molecule has 100 heavy (non-hydrogen) atoms. The van der Waals surface area contributed by atoms with Crippen LogP contribution in [-0.4, -0.2) is 197 Å². The second kappa shape index (κ2) is 29.1. The van der Waals surface area contributed by atoms with Gasteiger partial charge in [0.15, 0.2) is 10.8 Å². The molecule has 3 aromatic carbocycles. The van der Waals surface area contributed by atoms with Crippen molar-refractivity contribution in [2.75, 3.05) is 69.4 Å². The summed E-state index contributed by atoms with van der Waals surface area (Å²) in [7, 11) is 0. The average Bonchev–Trinajstić information content (AvgIpc) is 0.769. The fraction of sp³-hybridized carbons (Fsp3) is 0.479. The van der Waals surface area contributed by atoms with Crippen LogP contribution in [0.5, 0.6) is 11.5 Å². The van der Waals surface area contributed by atoms with E-state index < -0.39 is 97.1 Å². The van der Waals surface area contributed by atoms with E-state index in [2.05, 4.69) is 29.5 Å². The molecule has 4 bridgehead atoms. The lowest BCUT2D eigenvalue weighted by atomic mass is 9.39. The first-order valence-corrected chi connectivity index (χ1v) is 34.2. The summed E-state index contributed by atoms with van der Waals surface area (Å²) in [6.45, 7) is 7.41. The number of ether oxygens (including phenoxy) is 5. The van der Waals surface area contributed by atoms with Gasteiger partial charge in [-0.2, -0.15) is 5.10 Å². The molecular weight excluding hydrogens is 1310 g/mol. The monoisotopic (exact) mass is 1400 g/mol. The van der Waals surface area contributed by atoms with Crippen molar-refractivity contribution in [2.45, 2.75) is 135 Å². The van der Waals surface area contributed by atoms with E-state index in [1.807, 2.05) is 59.0 Å². The molecule has 0 radical (unpaired) electrons. The van der Waals surface area contributed by atoms with E-state index in [-0.39, 0.29) is 104 Å². The summed E-state index contributed by atoms with van der Waals surface area (Å²) < 4.78 is 33.5. The number of carboxylic acid groups (broad SMARTS) is 3. The van der Waals surface area contributed by atoms with Gasteiger partial charge in [-0.15, -0.1) is 0 Å². The number of nitrogens with one attached hydrogen (secondary N) is 2. The number of thiazole rings is 1. The van der Waals surface area contributed by atoms with Crippen LogP contribution in [0.1, 0.15) is 115 Å². The minimum atomic E-state index is -1.89. The molecule has 5 saturated carbocycles. The molecular formula is C71H81N9O19S. The topological polar surface area (TPSA) is 381 Å². The van der Waals surface area contributed by atoms with E-state index in [1.165, 1.54) is 34.4 Å². The van der Waals surface area contributed by atoms with E-state index >= 15 is 0 Å². The maximum atomic E-state index is 14.2. The Morgan fingerprint density at radius 3 is 2.30 bits per heavy atom. The third-order valence-electron chi connectivity index (χ3n) is 20.1. The number of hydrogen-bond donors (Lipinski definition) is 8. The van der Waals surface area contributed by atoms with E-state index in [0.717, 1.165) is 76.2 Å². The number of aliphatic hydroxyl groups is 3. The van der Waals surface area contributed by atoms with E-state index in [9.17, 15) is 69.0 Å². The molecule has 7 aliphatic rings. The molecule has 28 nitrogen and oxygen atoms in total. The molecule has 5 amide bonds. The number of amides is 5. The second-order valence-corrected chi connectivity index (χ2v) is 29.0. The van der Waals surface area contributed by atoms with Gasteiger partial charge in [-0.3, -0.25) is 43.7 Å². The van der Waals surface area contributed by atoms with Crippen molar-refractivity contribution in [3.8, 4) is 22.6 Å². The lowest BCUT2D eigenvalue weighted by Crippen LogP contribution is -2.64. The zero-order valence-corrected chi connectivity index (χ0v) is 56.4. The smallest absolute Gasteiger partial charge is 0.410 e. The largest absolute Gasteiger partial charge is 0.491 e. The van der Waals surface area contributed by atoms with Crippen molar-refractivity contribution in [3.05, 3.63) is 125 Å². The molecule has 2 aliphatic heterocycles. The zero-order valence-electron chi connectivity index (χ0n) is 55.6. The van der Waals surface area contributed by atoms with Crippen LogP contribution in [0.15, 0.2) is 91.1 Å². The van der Waals surface area contributed by atoms with Crippen molar-refractivity contribution in [1.82, 2.24) is 34.9 Å². The number of carbonyl (C=O) groups excluding carboxylic acids is 5. The Kier molecular flexibility index (Phi) is 20.5. The number of aromatic nitrogens is 4. The first-order chi connectivity index (χ1) is 47.8. The highest BCUT2D eigenvalue weighted by molar-refractivity contribution is 7.22. The summed E-state index contributed by atoms with van der Waals surface area (Å²) in [6, 6.07) is 21.4. The van der Waals surface area contributed by atoms with Gasteiger partial charge in [0, 0.05) is 105 Å². The van der Waals surface area contributed by atoms with Gasteiger partial charge in [0.2, 0.25) is 5.91 Å². The third kappa shape index (κ3) is 15.5. The number of carboxylic acids is 3. The second-order valence-electron chi connectivity index (χ2n) is 27.9. The minimum Gasteiger partial charge on any atom is -0.491 e.